The number of halogens is 1. The molecule has 0 spiro atoms. The standard InChI is InChI=1S/C25H27FN2O2/c1-15(2)24(30)28-20-11-6-5-10-18(20)27-19-13-25(3,4)14-21(29)22(19)23(28)16-8-7-9-17(26)12-16/h5-12,15,23,27H,13-14H2,1-4H3/t23-/m1/s1. The third-order valence-electron chi connectivity index (χ3n) is 5.80. The molecule has 4 nitrogen and oxygen atoms in total. The van der Waals surface area contributed by atoms with E-state index in [1.165, 1.54) is 12.1 Å². The molecule has 0 unspecified atom stereocenters. The molecule has 0 bridgehead atoms. The van der Waals surface area contributed by atoms with Crippen LogP contribution in [0.4, 0.5) is 15.8 Å². The third kappa shape index (κ3) is 3.53. The molecule has 0 aromatic heterocycles. The average Bonchev–Trinajstić information content (AvgIpc) is 2.80. The zero-order valence-electron chi connectivity index (χ0n) is 17.8. The van der Waals surface area contributed by atoms with Gasteiger partial charge >= 0.3 is 0 Å². The van der Waals surface area contributed by atoms with Crippen molar-refractivity contribution in [2.45, 2.75) is 46.6 Å². The molecule has 0 saturated heterocycles. The molecule has 2 aromatic carbocycles. The fourth-order valence-corrected chi connectivity index (χ4v) is 4.50. The Labute approximate surface area is 176 Å². The number of anilines is 2. The Hall–Kier alpha value is -2.95. The highest BCUT2D eigenvalue weighted by Crippen LogP contribution is 2.48. The predicted octanol–water partition coefficient (Wildman–Crippen LogP) is 5.62. The molecular formula is C25H27FN2O2. The molecule has 1 aliphatic heterocycles. The van der Waals surface area contributed by atoms with E-state index in [-0.39, 0.29) is 28.8 Å². The minimum atomic E-state index is -0.676. The number of rotatable bonds is 2. The summed E-state index contributed by atoms with van der Waals surface area (Å²) < 4.78 is 14.2. The summed E-state index contributed by atoms with van der Waals surface area (Å²) in [6.07, 6.45) is 1.07. The molecule has 5 heteroatoms. The maximum atomic E-state index is 14.2. The number of benzene rings is 2. The van der Waals surface area contributed by atoms with E-state index in [1.54, 1.807) is 17.0 Å². The van der Waals surface area contributed by atoms with E-state index in [0.717, 1.165) is 11.4 Å². The van der Waals surface area contributed by atoms with Gasteiger partial charge in [-0.25, -0.2) is 4.39 Å². The van der Waals surface area contributed by atoms with Crippen LogP contribution in [-0.4, -0.2) is 11.7 Å². The molecule has 0 radical (unpaired) electrons. The maximum absolute atomic E-state index is 14.2. The predicted molar refractivity (Wildman–Crippen MR) is 117 cm³/mol. The van der Waals surface area contributed by atoms with Crippen molar-refractivity contribution in [2.24, 2.45) is 11.3 Å². The van der Waals surface area contributed by atoms with Crippen LogP contribution in [0.25, 0.3) is 0 Å². The summed E-state index contributed by atoms with van der Waals surface area (Å²) >= 11 is 0. The molecular weight excluding hydrogens is 379 g/mol. The van der Waals surface area contributed by atoms with E-state index >= 15 is 0 Å². The Morgan fingerprint density at radius 3 is 2.57 bits per heavy atom. The first kappa shape index (κ1) is 20.3. The smallest absolute Gasteiger partial charge is 0.230 e. The van der Waals surface area contributed by atoms with Crippen molar-refractivity contribution < 1.29 is 14.0 Å². The highest BCUT2D eigenvalue weighted by molar-refractivity contribution is 6.06. The normalized spacial score (nSPS) is 20.4. The number of ketones is 1. The Kier molecular flexibility index (Phi) is 5.00. The van der Waals surface area contributed by atoms with Crippen LogP contribution in [0.15, 0.2) is 59.8 Å². The van der Waals surface area contributed by atoms with E-state index in [4.69, 9.17) is 0 Å². The highest BCUT2D eigenvalue weighted by Gasteiger charge is 2.43. The molecule has 2 aliphatic rings. The summed E-state index contributed by atoms with van der Waals surface area (Å²) in [6, 6.07) is 13.1. The summed E-state index contributed by atoms with van der Waals surface area (Å²) in [5.41, 5.74) is 3.26. The van der Waals surface area contributed by atoms with Crippen molar-refractivity contribution in [3.8, 4) is 0 Å². The van der Waals surface area contributed by atoms with Gasteiger partial charge in [-0.1, -0.05) is 52.0 Å². The van der Waals surface area contributed by atoms with E-state index < -0.39 is 6.04 Å². The topological polar surface area (TPSA) is 49.4 Å². The lowest BCUT2D eigenvalue weighted by Gasteiger charge is -2.37. The van der Waals surface area contributed by atoms with Crippen molar-refractivity contribution in [1.82, 2.24) is 0 Å². The van der Waals surface area contributed by atoms with Crippen molar-refractivity contribution >= 4 is 23.1 Å². The number of fused-ring (bicyclic) bond motifs is 1. The number of amides is 1. The van der Waals surface area contributed by atoms with Gasteiger partial charge in [-0.3, -0.25) is 14.5 Å². The van der Waals surface area contributed by atoms with Gasteiger partial charge in [0.1, 0.15) is 5.82 Å². The number of carbonyl (C=O) groups excluding carboxylic acids is 2. The van der Waals surface area contributed by atoms with Gasteiger partial charge in [0.05, 0.1) is 17.4 Å². The van der Waals surface area contributed by atoms with Crippen LogP contribution in [0, 0.1) is 17.2 Å². The summed E-state index contributed by atoms with van der Waals surface area (Å²) in [5, 5.41) is 3.46. The first-order valence-electron chi connectivity index (χ1n) is 10.4. The number of hydrogen-bond donors (Lipinski definition) is 1. The average molecular weight is 407 g/mol. The summed E-state index contributed by atoms with van der Waals surface area (Å²) in [4.78, 5) is 28.6. The van der Waals surface area contributed by atoms with Crippen molar-refractivity contribution in [3.63, 3.8) is 0 Å². The fraction of sp³-hybridized carbons (Fsp3) is 0.360. The number of hydrogen-bond acceptors (Lipinski definition) is 3. The van der Waals surface area contributed by atoms with Gasteiger partial charge in [0, 0.05) is 23.6 Å². The molecule has 156 valence electrons. The first-order chi connectivity index (χ1) is 14.2. The van der Waals surface area contributed by atoms with Gasteiger partial charge < -0.3 is 5.32 Å². The maximum Gasteiger partial charge on any atom is 0.230 e. The number of allylic oxidation sites excluding steroid dienone is 1. The molecule has 1 amide bonds. The largest absolute Gasteiger partial charge is 0.357 e. The van der Waals surface area contributed by atoms with Gasteiger partial charge in [-0.2, -0.15) is 0 Å². The van der Waals surface area contributed by atoms with Crippen molar-refractivity contribution in [3.05, 3.63) is 71.2 Å². The van der Waals surface area contributed by atoms with Gasteiger partial charge in [-0.05, 0) is 41.7 Å². The SMILES string of the molecule is CC(C)C(=O)N1c2ccccc2NC2=C(C(=O)CC(C)(C)C2)[C@H]1c1cccc(F)c1. The summed E-state index contributed by atoms with van der Waals surface area (Å²) in [7, 11) is 0. The van der Waals surface area contributed by atoms with Gasteiger partial charge in [0.15, 0.2) is 5.78 Å². The lowest BCUT2D eigenvalue weighted by Crippen LogP contribution is -2.41. The van der Waals surface area contributed by atoms with Crippen LogP contribution in [0.1, 0.15) is 52.1 Å². The van der Waals surface area contributed by atoms with Crippen LogP contribution >= 0.6 is 0 Å². The molecule has 1 atom stereocenters. The molecule has 30 heavy (non-hydrogen) atoms. The number of Topliss-reactive ketones (excluding diaryl/α,β-unsaturated/α-hetero) is 1. The molecule has 4 rings (SSSR count). The van der Waals surface area contributed by atoms with Crippen molar-refractivity contribution in [2.75, 3.05) is 10.2 Å². The van der Waals surface area contributed by atoms with E-state index in [9.17, 15) is 14.0 Å². The van der Waals surface area contributed by atoms with Crippen LogP contribution in [0.2, 0.25) is 0 Å². The van der Waals surface area contributed by atoms with E-state index in [1.807, 2.05) is 38.1 Å². The second kappa shape index (κ2) is 7.38. The van der Waals surface area contributed by atoms with E-state index in [0.29, 0.717) is 29.7 Å². The molecule has 0 fully saturated rings. The van der Waals surface area contributed by atoms with Crippen LogP contribution in [-0.2, 0) is 9.59 Å². The zero-order valence-corrected chi connectivity index (χ0v) is 17.8. The fourth-order valence-electron chi connectivity index (χ4n) is 4.50. The molecule has 1 heterocycles. The summed E-state index contributed by atoms with van der Waals surface area (Å²) in [6.45, 7) is 7.82. The number of carbonyl (C=O) groups is 2. The monoisotopic (exact) mass is 406 g/mol. The molecule has 1 N–H and O–H groups in total. The van der Waals surface area contributed by atoms with Gasteiger partial charge in [0.25, 0.3) is 0 Å². The zero-order chi connectivity index (χ0) is 21.6. The Bertz CT molecular complexity index is 1050. The second-order valence-corrected chi connectivity index (χ2v) is 9.30. The number of nitrogens with zero attached hydrogens (tertiary/aromatic N) is 1. The van der Waals surface area contributed by atoms with Crippen LogP contribution < -0.4 is 10.2 Å². The van der Waals surface area contributed by atoms with E-state index in [2.05, 4.69) is 19.2 Å². The third-order valence-corrected chi connectivity index (χ3v) is 5.80. The Morgan fingerprint density at radius 1 is 1.13 bits per heavy atom. The summed E-state index contributed by atoms with van der Waals surface area (Å²) in [5.74, 6) is -0.783. The second-order valence-electron chi connectivity index (χ2n) is 9.30. The van der Waals surface area contributed by atoms with Crippen LogP contribution in [0.3, 0.4) is 0 Å². The molecule has 0 saturated carbocycles. The Morgan fingerprint density at radius 2 is 1.87 bits per heavy atom. The lowest BCUT2D eigenvalue weighted by atomic mass is 9.73. The molecule has 2 aromatic rings. The number of nitrogens with one attached hydrogen (secondary N) is 1. The minimum absolute atomic E-state index is 0.00243. The minimum Gasteiger partial charge on any atom is -0.357 e. The number of para-hydroxylation sites is 2. The van der Waals surface area contributed by atoms with Crippen LogP contribution in [0.5, 0.6) is 0 Å². The first-order valence-corrected chi connectivity index (χ1v) is 10.4. The molecule has 1 aliphatic carbocycles. The quantitative estimate of drug-likeness (QED) is 0.704. The lowest BCUT2D eigenvalue weighted by molar-refractivity contribution is -0.122. The Balaban J connectivity index is 2.03. The van der Waals surface area contributed by atoms with Gasteiger partial charge in [0.2, 0.25) is 5.91 Å². The highest BCUT2D eigenvalue weighted by atomic mass is 19.1. The van der Waals surface area contributed by atoms with Gasteiger partial charge in [-0.15, -0.1) is 0 Å². The van der Waals surface area contributed by atoms with Crippen molar-refractivity contribution in [1.29, 1.82) is 0 Å².